The second-order valence-electron chi connectivity index (χ2n) is 6.64. The number of nitrogens with zero attached hydrogens (tertiary/aromatic N) is 1. The molecule has 152 valence electrons. The van der Waals surface area contributed by atoms with E-state index >= 15 is 0 Å². The van der Waals surface area contributed by atoms with Crippen LogP contribution in [0.15, 0.2) is 70.9 Å². The number of nitrogens with one attached hydrogen (secondary N) is 1. The van der Waals surface area contributed by atoms with Crippen LogP contribution in [0.25, 0.3) is 0 Å². The van der Waals surface area contributed by atoms with Crippen molar-refractivity contribution in [1.29, 1.82) is 0 Å². The summed E-state index contributed by atoms with van der Waals surface area (Å²) in [5.74, 6) is -0.385. The van der Waals surface area contributed by atoms with Crippen LogP contribution in [0.2, 0.25) is 5.02 Å². The third kappa shape index (κ3) is 5.25. The molecule has 8 heteroatoms. The van der Waals surface area contributed by atoms with E-state index in [2.05, 4.69) is 5.32 Å². The molecule has 0 fully saturated rings. The number of likely N-dealkylation sites (N-methyl/N-ethyl adjacent to an activating group) is 1. The molecule has 1 atom stereocenters. The molecule has 1 N–H and O–H groups in total. The first-order valence-corrected chi connectivity index (χ1v) is 11.6. The lowest BCUT2D eigenvalue weighted by Crippen LogP contribution is -2.39. The Bertz CT molecular complexity index is 1060. The third-order valence-corrected chi connectivity index (χ3v) is 7.44. The number of rotatable bonds is 7. The number of thiophene rings is 1. The monoisotopic (exact) mass is 448 g/mol. The Morgan fingerprint density at radius 2 is 1.76 bits per heavy atom. The van der Waals surface area contributed by atoms with Crippen LogP contribution in [-0.4, -0.2) is 32.2 Å². The molecule has 1 amide bonds. The average Bonchev–Trinajstić information content (AvgIpc) is 3.21. The van der Waals surface area contributed by atoms with E-state index in [0.29, 0.717) is 5.02 Å². The van der Waals surface area contributed by atoms with E-state index in [-0.39, 0.29) is 23.4 Å². The second kappa shape index (κ2) is 9.09. The van der Waals surface area contributed by atoms with Crippen molar-refractivity contribution < 1.29 is 13.2 Å². The van der Waals surface area contributed by atoms with Gasteiger partial charge in [0.1, 0.15) is 0 Å². The molecule has 0 radical (unpaired) electrons. The van der Waals surface area contributed by atoms with Gasteiger partial charge in [-0.1, -0.05) is 47.5 Å². The van der Waals surface area contributed by atoms with Gasteiger partial charge in [-0.15, -0.1) is 11.3 Å². The molecule has 3 aromatic rings. The molecule has 1 aromatic heterocycles. The zero-order valence-corrected chi connectivity index (χ0v) is 18.4. The van der Waals surface area contributed by atoms with Gasteiger partial charge in [0.05, 0.1) is 17.5 Å². The Hall–Kier alpha value is -2.19. The van der Waals surface area contributed by atoms with Gasteiger partial charge in [0, 0.05) is 16.9 Å². The molecule has 0 saturated carbocycles. The van der Waals surface area contributed by atoms with Crippen LogP contribution in [0.3, 0.4) is 0 Å². The number of amides is 1. The van der Waals surface area contributed by atoms with Gasteiger partial charge in [-0.2, -0.15) is 4.31 Å². The number of sulfonamides is 1. The Kier molecular flexibility index (Phi) is 6.74. The van der Waals surface area contributed by atoms with Gasteiger partial charge >= 0.3 is 0 Å². The van der Waals surface area contributed by atoms with E-state index in [1.54, 1.807) is 0 Å². The summed E-state index contributed by atoms with van der Waals surface area (Å²) in [7, 11) is -2.41. The first-order valence-electron chi connectivity index (χ1n) is 8.88. The molecule has 0 saturated heterocycles. The number of hydrogen-bond donors (Lipinski definition) is 1. The van der Waals surface area contributed by atoms with Crippen LogP contribution in [0, 0.1) is 6.92 Å². The van der Waals surface area contributed by atoms with Crippen molar-refractivity contribution in [3.8, 4) is 0 Å². The highest BCUT2D eigenvalue weighted by atomic mass is 35.5. The van der Waals surface area contributed by atoms with Gasteiger partial charge < -0.3 is 5.32 Å². The van der Waals surface area contributed by atoms with Crippen LogP contribution in [0.5, 0.6) is 0 Å². The second-order valence-corrected chi connectivity index (χ2v) is 10.1. The topological polar surface area (TPSA) is 66.5 Å². The normalized spacial score (nSPS) is 12.7. The van der Waals surface area contributed by atoms with Crippen molar-refractivity contribution in [2.24, 2.45) is 0 Å². The minimum absolute atomic E-state index is 0.0885. The highest BCUT2D eigenvalue weighted by molar-refractivity contribution is 7.89. The maximum atomic E-state index is 12.7. The van der Waals surface area contributed by atoms with Gasteiger partial charge in [-0.05, 0) is 48.2 Å². The molecule has 1 unspecified atom stereocenters. The summed E-state index contributed by atoms with van der Waals surface area (Å²) in [6.45, 7) is 1.71. The van der Waals surface area contributed by atoms with E-state index in [0.717, 1.165) is 20.3 Å². The largest absolute Gasteiger partial charge is 0.343 e. The van der Waals surface area contributed by atoms with Crippen molar-refractivity contribution in [1.82, 2.24) is 9.62 Å². The van der Waals surface area contributed by atoms with E-state index in [1.807, 2.05) is 48.7 Å². The molecular formula is C21H21ClN2O3S2. The maximum absolute atomic E-state index is 12.7. The highest BCUT2D eigenvalue weighted by Crippen LogP contribution is 2.26. The summed E-state index contributed by atoms with van der Waals surface area (Å²) >= 11 is 7.36. The fourth-order valence-electron chi connectivity index (χ4n) is 2.81. The fourth-order valence-corrected chi connectivity index (χ4v) is 4.87. The summed E-state index contributed by atoms with van der Waals surface area (Å²) in [4.78, 5) is 13.8. The average molecular weight is 449 g/mol. The predicted octanol–water partition coefficient (Wildman–Crippen LogP) is 4.24. The summed E-state index contributed by atoms with van der Waals surface area (Å²) in [6, 6.07) is 17.3. The van der Waals surface area contributed by atoms with Gasteiger partial charge in [0.15, 0.2) is 0 Å². The van der Waals surface area contributed by atoms with Gasteiger partial charge in [-0.3, -0.25) is 4.79 Å². The molecule has 3 rings (SSSR count). The molecular weight excluding hydrogens is 428 g/mol. The molecule has 5 nitrogen and oxygen atoms in total. The van der Waals surface area contributed by atoms with Gasteiger partial charge in [0.25, 0.3) is 0 Å². The van der Waals surface area contributed by atoms with Crippen LogP contribution < -0.4 is 5.32 Å². The number of aryl methyl sites for hydroxylation is 1. The number of halogens is 1. The van der Waals surface area contributed by atoms with Crippen LogP contribution in [0.4, 0.5) is 0 Å². The first-order chi connectivity index (χ1) is 13.8. The van der Waals surface area contributed by atoms with Crippen molar-refractivity contribution in [3.05, 3.63) is 87.1 Å². The molecule has 29 heavy (non-hydrogen) atoms. The van der Waals surface area contributed by atoms with E-state index < -0.39 is 10.0 Å². The van der Waals surface area contributed by atoms with Crippen molar-refractivity contribution in [3.63, 3.8) is 0 Å². The standard InChI is InChI=1S/C21H21ClN2O3S2/c1-15-5-7-16(8-6-15)21(19-4-3-13-28-19)23-20(25)14-24(2)29(26,27)18-11-9-17(22)10-12-18/h3-13,21H,14H2,1-2H3,(H,23,25). The minimum atomic E-state index is -3.79. The minimum Gasteiger partial charge on any atom is -0.343 e. The highest BCUT2D eigenvalue weighted by Gasteiger charge is 2.25. The van der Waals surface area contributed by atoms with E-state index in [4.69, 9.17) is 11.6 Å². The van der Waals surface area contributed by atoms with Crippen LogP contribution in [-0.2, 0) is 14.8 Å². The number of hydrogen-bond acceptors (Lipinski definition) is 4. The zero-order chi connectivity index (χ0) is 21.0. The summed E-state index contributed by atoms with van der Waals surface area (Å²) in [5, 5.41) is 5.35. The lowest BCUT2D eigenvalue weighted by molar-refractivity contribution is -0.121. The number of carbonyl (C=O) groups excluding carboxylic acids is 1. The molecule has 0 aliphatic heterocycles. The maximum Gasteiger partial charge on any atom is 0.243 e. The SMILES string of the molecule is Cc1ccc(C(NC(=O)CN(C)S(=O)(=O)c2ccc(Cl)cc2)c2cccs2)cc1. The number of carbonyl (C=O) groups is 1. The molecule has 0 aliphatic rings. The Balaban J connectivity index is 1.76. The van der Waals surface area contributed by atoms with Gasteiger partial charge in [0.2, 0.25) is 15.9 Å². The Labute approximate surface area is 180 Å². The quantitative estimate of drug-likeness (QED) is 0.588. The summed E-state index contributed by atoms with van der Waals surface area (Å²) < 4.78 is 26.4. The smallest absolute Gasteiger partial charge is 0.243 e. The summed E-state index contributed by atoms with van der Waals surface area (Å²) in [6.07, 6.45) is 0. The van der Waals surface area contributed by atoms with E-state index in [9.17, 15) is 13.2 Å². The molecule has 2 aromatic carbocycles. The van der Waals surface area contributed by atoms with Crippen molar-refractivity contribution >= 4 is 38.9 Å². The fraction of sp³-hybridized carbons (Fsp3) is 0.190. The van der Waals surface area contributed by atoms with E-state index in [1.165, 1.54) is 42.6 Å². The zero-order valence-electron chi connectivity index (χ0n) is 16.0. The Morgan fingerprint density at radius 3 is 2.34 bits per heavy atom. The molecule has 0 bridgehead atoms. The summed E-state index contributed by atoms with van der Waals surface area (Å²) in [5.41, 5.74) is 2.06. The third-order valence-electron chi connectivity index (χ3n) is 4.43. The Morgan fingerprint density at radius 1 is 1.10 bits per heavy atom. The molecule has 0 spiro atoms. The molecule has 0 aliphatic carbocycles. The van der Waals surface area contributed by atoms with Crippen LogP contribution >= 0.6 is 22.9 Å². The predicted molar refractivity (Wildman–Crippen MR) is 117 cm³/mol. The lowest BCUT2D eigenvalue weighted by Gasteiger charge is -2.21. The van der Waals surface area contributed by atoms with Crippen molar-refractivity contribution in [2.75, 3.05) is 13.6 Å². The lowest BCUT2D eigenvalue weighted by atomic mass is 10.0. The van der Waals surface area contributed by atoms with Crippen molar-refractivity contribution in [2.45, 2.75) is 17.9 Å². The number of benzene rings is 2. The first kappa shape index (κ1) is 21.5. The van der Waals surface area contributed by atoms with Gasteiger partial charge in [-0.25, -0.2) is 8.42 Å². The molecule has 1 heterocycles. The van der Waals surface area contributed by atoms with Crippen LogP contribution in [0.1, 0.15) is 22.0 Å².